The number of aldehydes is 1. The molecule has 1 aromatic carbocycles. The first-order valence-corrected chi connectivity index (χ1v) is 9.34. The molecule has 1 atom stereocenters. The minimum atomic E-state index is -1.28. The largest absolute Gasteiger partial charge is 0.384 e. The molecule has 0 saturated carbocycles. The van der Waals surface area contributed by atoms with Crippen molar-refractivity contribution >= 4 is 11.9 Å². The number of nitrogens with zero attached hydrogens (tertiary/aromatic N) is 2. The molecule has 28 heavy (non-hydrogen) atoms. The number of aliphatic hydroxyl groups is 1. The molecule has 1 aliphatic rings. The van der Waals surface area contributed by atoms with Crippen molar-refractivity contribution in [1.29, 1.82) is 0 Å². The summed E-state index contributed by atoms with van der Waals surface area (Å²) in [5, 5.41) is 16.2. The fraction of sp³-hybridized carbons (Fsp3) is 0.304. The van der Waals surface area contributed by atoms with E-state index >= 15 is 0 Å². The Morgan fingerprint density at radius 3 is 2.82 bits per heavy atom. The Morgan fingerprint density at radius 2 is 2.18 bits per heavy atom. The monoisotopic (exact) mass is 380 g/mol. The van der Waals surface area contributed by atoms with Gasteiger partial charge in [-0.1, -0.05) is 24.8 Å². The van der Waals surface area contributed by atoms with E-state index in [-0.39, 0.29) is 12.5 Å². The Balaban J connectivity index is 2.16. The van der Waals surface area contributed by atoms with E-state index in [2.05, 4.69) is 25.5 Å². The van der Waals surface area contributed by atoms with E-state index in [4.69, 9.17) is 0 Å². The van der Waals surface area contributed by atoms with E-state index in [0.29, 0.717) is 23.8 Å². The third-order valence-electron chi connectivity index (χ3n) is 5.22. The van der Waals surface area contributed by atoms with Crippen molar-refractivity contribution in [3.8, 4) is 0 Å². The van der Waals surface area contributed by atoms with Gasteiger partial charge in [0.2, 0.25) is 0 Å². The molecular formula is C23H25FN2O2. The van der Waals surface area contributed by atoms with Crippen LogP contribution in [0.5, 0.6) is 0 Å². The van der Waals surface area contributed by atoms with Crippen LogP contribution >= 0.6 is 0 Å². The summed E-state index contributed by atoms with van der Waals surface area (Å²) in [6.07, 6.45) is 8.19. The number of rotatable bonds is 6. The van der Waals surface area contributed by atoms with Crippen LogP contribution in [0.3, 0.4) is 0 Å². The highest BCUT2D eigenvalue weighted by atomic mass is 19.1. The first-order chi connectivity index (χ1) is 13.3. The van der Waals surface area contributed by atoms with Gasteiger partial charge in [0, 0.05) is 30.0 Å². The van der Waals surface area contributed by atoms with Gasteiger partial charge in [-0.2, -0.15) is 5.10 Å². The summed E-state index contributed by atoms with van der Waals surface area (Å²) in [5.41, 5.74) is 3.15. The molecule has 1 N–H and O–H groups in total. The Labute approximate surface area is 164 Å². The van der Waals surface area contributed by atoms with Crippen LogP contribution < -0.4 is 0 Å². The maximum atomic E-state index is 13.8. The first kappa shape index (κ1) is 20.0. The highest BCUT2D eigenvalue weighted by molar-refractivity contribution is 5.78. The lowest BCUT2D eigenvalue weighted by Gasteiger charge is -2.36. The van der Waals surface area contributed by atoms with E-state index in [9.17, 15) is 14.3 Å². The maximum absolute atomic E-state index is 13.8. The lowest BCUT2D eigenvalue weighted by Crippen LogP contribution is -2.39. The van der Waals surface area contributed by atoms with Gasteiger partial charge in [0.1, 0.15) is 12.1 Å². The summed E-state index contributed by atoms with van der Waals surface area (Å²) in [6.45, 7) is 9.79. The molecule has 0 bridgehead atoms. The van der Waals surface area contributed by atoms with Gasteiger partial charge in [0.05, 0.1) is 17.5 Å². The predicted octanol–water partition coefficient (Wildman–Crippen LogP) is 4.46. The van der Waals surface area contributed by atoms with Crippen LogP contribution in [0.1, 0.15) is 54.0 Å². The highest BCUT2D eigenvalue weighted by Gasteiger charge is 2.39. The van der Waals surface area contributed by atoms with Crippen molar-refractivity contribution in [2.45, 2.75) is 45.3 Å². The lowest BCUT2D eigenvalue weighted by atomic mass is 9.74. The fourth-order valence-electron chi connectivity index (χ4n) is 3.98. The summed E-state index contributed by atoms with van der Waals surface area (Å²) in [4.78, 5) is 11.4. The van der Waals surface area contributed by atoms with Crippen LogP contribution in [0.2, 0.25) is 0 Å². The van der Waals surface area contributed by atoms with Crippen LogP contribution in [0.25, 0.3) is 5.57 Å². The highest BCUT2D eigenvalue weighted by Crippen LogP contribution is 2.41. The Morgan fingerprint density at radius 1 is 1.43 bits per heavy atom. The van der Waals surface area contributed by atoms with Crippen molar-refractivity contribution in [3.63, 3.8) is 0 Å². The third kappa shape index (κ3) is 3.50. The topological polar surface area (TPSA) is 55.1 Å². The van der Waals surface area contributed by atoms with Crippen molar-refractivity contribution in [1.82, 2.24) is 9.78 Å². The first-order valence-electron chi connectivity index (χ1n) is 9.34. The molecular weight excluding hydrogens is 355 g/mol. The number of carbonyl (C=O) groups is 1. The van der Waals surface area contributed by atoms with E-state index in [1.165, 1.54) is 18.2 Å². The molecule has 0 fully saturated rings. The van der Waals surface area contributed by atoms with Gasteiger partial charge in [0.15, 0.2) is 0 Å². The second-order valence-corrected chi connectivity index (χ2v) is 7.54. The summed E-state index contributed by atoms with van der Waals surface area (Å²) < 4.78 is 15.8. The van der Waals surface area contributed by atoms with Crippen LogP contribution in [0.4, 0.5) is 4.39 Å². The van der Waals surface area contributed by atoms with E-state index in [0.717, 1.165) is 22.4 Å². The molecule has 1 aromatic heterocycles. The SMILES string of the molecule is C=C/C=C\C1=C(C)c2c(cnn2C(C)C)CC1(O)Cc1cc(F)ccc1C=O. The Kier molecular flexibility index (Phi) is 5.47. The molecule has 3 rings (SSSR count). The molecule has 4 nitrogen and oxygen atoms in total. The number of aromatic nitrogens is 2. The number of fused-ring (bicyclic) bond motifs is 1. The van der Waals surface area contributed by atoms with Crippen molar-refractivity contribution in [3.05, 3.63) is 83.0 Å². The summed E-state index contributed by atoms with van der Waals surface area (Å²) >= 11 is 0. The van der Waals surface area contributed by atoms with Gasteiger partial charge >= 0.3 is 0 Å². The van der Waals surface area contributed by atoms with Crippen molar-refractivity contribution < 1.29 is 14.3 Å². The molecule has 2 aromatic rings. The summed E-state index contributed by atoms with van der Waals surface area (Å²) in [7, 11) is 0. The van der Waals surface area contributed by atoms with Crippen molar-refractivity contribution in [2.75, 3.05) is 0 Å². The van der Waals surface area contributed by atoms with Crippen LogP contribution in [0, 0.1) is 5.82 Å². The Bertz CT molecular complexity index is 984. The second-order valence-electron chi connectivity index (χ2n) is 7.54. The van der Waals surface area contributed by atoms with Crippen LogP contribution in [-0.4, -0.2) is 26.8 Å². The molecule has 5 heteroatoms. The number of halogens is 1. The van der Waals surface area contributed by atoms with Gasteiger partial charge in [-0.15, -0.1) is 0 Å². The average molecular weight is 380 g/mol. The molecule has 146 valence electrons. The van der Waals surface area contributed by atoms with Gasteiger partial charge < -0.3 is 5.11 Å². The van der Waals surface area contributed by atoms with Gasteiger partial charge in [0.25, 0.3) is 0 Å². The number of allylic oxidation sites excluding steroid dienone is 3. The molecule has 1 heterocycles. The third-order valence-corrected chi connectivity index (χ3v) is 5.22. The zero-order valence-electron chi connectivity index (χ0n) is 16.4. The van der Waals surface area contributed by atoms with E-state index in [1.807, 2.05) is 17.7 Å². The molecule has 0 radical (unpaired) electrons. The summed E-state index contributed by atoms with van der Waals surface area (Å²) in [6, 6.07) is 4.20. The second kappa shape index (κ2) is 7.68. The minimum Gasteiger partial charge on any atom is -0.384 e. The van der Waals surface area contributed by atoms with Gasteiger partial charge in [-0.05, 0) is 55.7 Å². The molecule has 0 spiro atoms. The smallest absolute Gasteiger partial charge is 0.150 e. The van der Waals surface area contributed by atoms with Crippen LogP contribution in [0.15, 0.2) is 54.8 Å². The molecule has 0 amide bonds. The molecule has 1 unspecified atom stereocenters. The lowest BCUT2D eigenvalue weighted by molar-refractivity contribution is 0.0810. The molecule has 0 saturated heterocycles. The number of carbonyl (C=O) groups excluding carboxylic acids is 1. The molecule has 0 aliphatic heterocycles. The van der Waals surface area contributed by atoms with Crippen molar-refractivity contribution in [2.24, 2.45) is 0 Å². The number of hydrogen-bond acceptors (Lipinski definition) is 3. The number of hydrogen-bond donors (Lipinski definition) is 1. The average Bonchev–Trinajstić information content (AvgIpc) is 3.05. The fourth-order valence-corrected chi connectivity index (χ4v) is 3.98. The minimum absolute atomic E-state index is 0.124. The van der Waals surface area contributed by atoms with E-state index < -0.39 is 11.4 Å². The Hall–Kier alpha value is -2.79. The number of benzene rings is 1. The molecule has 1 aliphatic carbocycles. The quantitative estimate of drug-likeness (QED) is 0.595. The van der Waals surface area contributed by atoms with Gasteiger partial charge in [-0.3, -0.25) is 9.48 Å². The predicted molar refractivity (Wildman–Crippen MR) is 109 cm³/mol. The van der Waals surface area contributed by atoms with Gasteiger partial charge in [-0.25, -0.2) is 4.39 Å². The maximum Gasteiger partial charge on any atom is 0.150 e. The zero-order chi connectivity index (χ0) is 20.5. The standard InChI is InChI=1S/C23H25FN2O2/c1-5-6-7-21-16(4)22-19(13-25-26(22)15(2)3)12-23(21,28)11-18-10-20(24)9-8-17(18)14-27/h5-10,13-15,28H,1,11-12H2,2-4H3/b7-6-. The normalized spacial score (nSPS) is 19.4. The zero-order valence-corrected chi connectivity index (χ0v) is 16.4. The summed E-state index contributed by atoms with van der Waals surface area (Å²) in [5.74, 6) is -0.433. The van der Waals surface area contributed by atoms with Crippen LogP contribution in [-0.2, 0) is 12.8 Å². The van der Waals surface area contributed by atoms with E-state index in [1.54, 1.807) is 18.3 Å².